The number of carboxylic acid groups (broad SMARTS) is 1. The maximum absolute atomic E-state index is 13.4. The Hall–Kier alpha value is -3.58. The van der Waals surface area contributed by atoms with Crippen LogP contribution in [0.25, 0.3) is 17.2 Å². The molecule has 7 nitrogen and oxygen atoms in total. The number of thioether (sulfide) groups is 1. The van der Waals surface area contributed by atoms with Gasteiger partial charge in [0.05, 0.1) is 22.6 Å². The molecular weight excluding hydrogens is 637 g/mol. The maximum atomic E-state index is 13.4. The Bertz CT molecular complexity index is 1580. The first-order valence-electron chi connectivity index (χ1n) is 13.3. The molecule has 13 heteroatoms. The first kappa shape index (κ1) is 33.3. The number of amides is 1. The van der Waals surface area contributed by atoms with Crippen LogP contribution < -0.4 is 9.47 Å². The Morgan fingerprint density at radius 2 is 1.80 bits per heavy atom. The minimum atomic E-state index is -4.54. The molecule has 1 heterocycles. The molecule has 0 saturated carbocycles. The van der Waals surface area contributed by atoms with Gasteiger partial charge in [-0.3, -0.25) is 9.69 Å². The number of thiocarbonyl (C=S) groups is 1. The summed E-state index contributed by atoms with van der Waals surface area (Å²) >= 11 is 12.9. The average Bonchev–Trinajstić information content (AvgIpc) is 3.23. The van der Waals surface area contributed by atoms with E-state index in [4.69, 9.17) is 38.4 Å². The van der Waals surface area contributed by atoms with Crippen molar-refractivity contribution in [3.63, 3.8) is 0 Å². The first-order chi connectivity index (χ1) is 20.8. The van der Waals surface area contributed by atoms with E-state index in [1.54, 1.807) is 36.4 Å². The fourth-order valence-electron chi connectivity index (χ4n) is 4.16. The zero-order valence-corrected chi connectivity index (χ0v) is 26.1. The van der Waals surface area contributed by atoms with Gasteiger partial charge in [-0.1, -0.05) is 41.6 Å². The molecule has 0 unspecified atom stereocenters. The molecule has 232 valence electrons. The Labute approximate surface area is 267 Å². The molecule has 0 aromatic heterocycles. The van der Waals surface area contributed by atoms with E-state index < -0.39 is 17.7 Å². The molecule has 0 bridgehead atoms. The van der Waals surface area contributed by atoms with Crippen LogP contribution in [0.3, 0.4) is 0 Å². The van der Waals surface area contributed by atoms with Crippen LogP contribution in [-0.2, 0) is 11.0 Å². The van der Waals surface area contributed by atoms with Gasteiger partial charge in [0.2, 0.25) is 0 Å². The van der Waals surface area contributed by atoms with Crippen molar-refractivity contribution in [3.05, 3.63) is 87.3 Å². The third-order valence-corrected chi connectivity index (χ3v) is 8.17. The average molecular weight is 665 g/mol. The van der Waals surface area contributed by atoms with Gasteiger partial charge in [-0.25, -0.2) is 4.79 Å². The minimum Gasteiger partial charge on any atom is -0.494 e. The van der Waals surface area contributed by atoms with E-state index in [0.717, 1.165) is 23.9 Å². The van der Waals surface area contributed by atoms with Crippen LogP contribution in [0.1, 0.15) is 27.9 Å². The third kappa shape index (κ3) is 8.53. The lowest BCUT2D eigenvalue weighted by Gasteiger charge is -2.16. The summed E-state index contributed by atoms with van der Waals surface area (Å²) in [6, 6.07) is 14.1. The second-order valence-electron chi connectivity index (χ2n) is 9.96. The summed E-state index contributed by atoms with van der Waals surface area (Å²) in [4.78, 5) is 28.1. The molecule has 1 saturated heterocycles. The molecule has 3 aromatic rings. The van der Waals surface area contributed by atoms with Gasteiger partial charge in [0, 0.05) is 29.2 Å². The van der Waals surface area contributed by atoms with Crippen LogP contribution in [0, 0.1) is 0 Å². The topological polar surface area (TPSA) is 79.3 Å². The number of aromatic carboxylic acids is 1. The van der Waals surface area contributed by atoms with Gasteiger partial charge in [0.25, 0.3) is 5.91 Å². The number of ether oxygens (including phenoxy) is 2. The first-order valence-corrected chi connectivity index (χ1v) is 14.9. The fourth-order valence-corrected chi connectivity index (χ4v) is 5.69. The lowest BCUT2D eigenvalue weighted by atomic mass is 9.99. The van der Waals surface area contributed by atoms with E-state index >= 15 is 0 Å². The van der Waals surface area contributed by atoms with Crippen LogP contribution in [0.2, 0.25) is 5.02 Å². The molecule has 0 atom stereocenters. The number of rotatable bonds is 12. The van der Waals surface area contributed by atoms with Crippen molar-refractivity contribution >= 4 is 57.9 Å². The summed E-state index contributed by atoms with van der Waals surface area (Å²) in [5.41, 5.74) is 0.434. The number of halogens is 4. The normalized spacial score (nSPS) is 14.5. The second kappa shape index (κ2) is 14.5. The number of alkyl halides is 3. The molecule has 0 spiro atoms. The highest BCUT2D eigenvalue weighted by Crippen LogP contribution is 2.39. The monoisotopic (exact) mass is 664 g/mol. The van der Waals surface area contributed by atoms with Crippen LogP contribution in [0.4, 0.5) is 13.2 Å². The fraction of sp³-hybridized carbons (Fsp3) is 0.258. The molecule has 1 aliphatic heterocycles. The van der Waals surface area contributed by atoms with Crippen LogP contribution in [0.5, 0.6) is 11.5 Å². The Morgan fingerprint density at radius 3 is 2.45 bits per heavy atom. The highest BCUT2D eigenvalue weighted by Gasteiger charge is 2.33. The van der Waals surface area contributed by atoms with Gasteiger partial charge in [0.1, 0.15) is 22.4 Å². The summed E-state index contributed by atoms with van der Waals surface area (Å²) in [5.74, 6) is -0.390. The van der Waals surface area contributed by atoms with Crippen molar-refractivity contribution in [2.24, 2.45) is 0 Å². The van der Waals surface area contributed by atoms with Crippen LogP contribution in [-0.4, -0.2) is 71.5 Å². The highest BCUT2D eigenvalue weighted by atomic mass is 35.5. The highest BCUT2D eigenvalue weighted by molar-refractivity contribution is 8.26. The molecule has 1 fully saturated rings. The maximum Gasteiger partial charge on any atom is 0.416 e. The largest absolute Gasteiger partial charge is 0.494 e. The zero-order valence-electron chi connectivity index (χ0n) is 23.7. The number of benzene rings is 3. The summed E-state index contributed by atoms with van der Waals surface area (Å²) in [6.07, 6.45) is -2.46. The van der Waals surface area contributed by atoms with Gasteiger partial charge in [-0.2, -0.15) is 13.2 Å². The molecule has 0 radical (unpaired) electrons. The predicted octanol–water partition coefficient (Wildman–Crippen LogP) is 7.33. The number of carboxylic acids is 1. The van der Waals surface area contributed by atoms with Crippen LogP contribution in [0.15, 0.2) is 65.6 Å². The van der Waals surface area contributed by atoms with Crippen molar-refractivity contribution in [1.29, 1.82) is 0 Å². The van der Waals surface area contributed by atoms with E-state index in [1.807, 2.05) is 19.0 Å². The number of nitrogens with zero attached hydrogens (tertiary/aromatic N) is 2. The predicted molar refractivity (Wildman–Crippen MR) is 169 cm³/mol. The Balaban J connectivity index is 1.53. The van der Waals surface area contributed by atoms with E-state index in [1.165, 1.54) is 23.1 Å². The molecule has 4 rings (SSSR count). The number of carbonyl (C=O) groups excluding carboxylic acids is 1. The van der Waals surface area contributed by atoms with Crippen molar-refractivity contribution in [2.75, 3.05) is 40.4 Å². The minimum absolute atomic E-state index is 0.149. The quantitative estimate of drug-likeness (QED) is 0.123. The second-order valence-corrected chi connectivity index (χ2v) is 12.0. The molecule has 1 amide bonds. The molecule has 1 aliphatic rings. The van der Waals surface area contributed by atoms with E-state index in [2.05, 4.69) is 0 Å². The lowest BCUT2D eigenvalue weighted by molar-refractivity contribution is -0.137. The van der Waals surface area contributed by atoms with Gasteiger partial charge < -0.3 is 19.5 Å². The van der Waals surface area contributed by atoms with E-state index in [-0.39, 0.29) is 28.7 Å². The Morgan fingerprint density at radius 1 is 1.07 bits per heavy atom. The third-order valence-electron chi connectivity index (χ3n) is 6.47. The standard InChI is InChI=1S/C31H28ClF3N2O5S2/c1-36(2)13-15-42-26-11-6-20(24-18-22(31(33,34)35)7-10-25(24)32)16-21(26)17-27-28(38)37(30(43)44-27)12-3-14-41-23-8-4-19(5-9-23)29(39)40/h4-11,16-18H,3,12-15H2,1-2H3,(H,39,40)/b27-17-. The number of hydrogen-bond donors (Lipinski definition) is 1. The smallest absolute Gasteiger partial charge is 0.416 e. The summed E-state index contributed by atoms with van der Waals surface area (Å²) in [7, 11) is 3.79. The SMILES string of the molecule is CN(C)CCOc1ccc(-c2cc(C(F)(F)F)ccc2Cl)cc1/C=C1\SC(=S)N(CCCOc2ccc(C(=O)O)cc2)C1=O. The van der Waals surface area contributed by atoms with Gasteiger partial charge in [-0.15, -0.1) is 0 Å². The molecule has 1 N–H and O–H groups in total. The number of hydrogen-bond acceptors (Lipinski definition) is 7. The van der Waals surface area contributed by atoms with E-state index in [0.29, 0.717) is 58.0 Å². The van der Waals surface area contributed by atoms with Gasteiger partial charge in [-0.05, 0) is 86.8 Å². The van der Waals surface area contributed by atoms with Crippen molar-refractivity contribution in [3.8, 4) is 22.6 Å². The number of carbonyl (C=O) groups is 2. The van der Waals surface area contributed by atoms with E-state index in [9.17, 15) is 22.8 Å². The van der Waals surface area contributed by atoms with Gasteiger partial charge >= 0.3 is 12.1 Å². The summed E-state index contributed by atoms with van der Waals surface area (Å²) in [6.45, 7) is 1.53. The lowest BCUT2D eigenvalue weighted by Crippen LogP contribution is -2.29. The van der Waals surface area contributed by atoms with Crippen molar-refractivity contribution in [1.82, 2.24) is 9.80 Å². The zero-order chi connectivity index (χ0) is 32.0. The summed E-state index contributed by atoms with van der Waals surface area (Å²) < 4.78 is 52.3. The molecular formula is C31H28ClF3N2O5S2. The van der Waals surface area contributed by atoms with Crippen LogP contribution >= 0.6 is 35.6 Å². The molecule has 0 aliphatic carbocycles. The Kier molecular flexibility index (Phi) is 11.0. The van der Waals surface area contributed by atoms with Gasteiger partial charge in [0.15, 0.2) is 0 Å². The van der Waals surface area contributed by atoms with Crippen molar-refractivity contribution in [2.45, 2.75) is 12.6 Å². The van der Waals surface area contributed by atoms with Crippen molar-refractivity contribution < 1.29 is 37.3 Å². The molecule has 44 heavy (non-hydrogen) atoms. The molecule has 3 aromatic carbocycles. The summed E-state index contributed by atoms with van der Waals surface area (Å²) in [5, 5.41) is 9.16. The number of likely N-dealkylation sites (N-methyl/N-ethyl adjacent to an activating group) is 1.